The average Bonchev–Trinajstić information content (AvgIpc) is 3.60. The first-order valence-corrected chi connectivity index (χ1v) is 16.6. The number of anilines is 1. The van der Waals surface area contributed by atoms with E-state index in [4.69, 9.17) is 11.6 Å². The number of nitrogens with zero attached hydrogens (tertiary/aromatic N) is 3. The topological polar surface area (TPSA) is 59.7 Å². The molecule has 46 heavy (non-hydrogen) atoms. The number of piperazine rings is 1. The number of fused-ring (bicyclic) bond motifs is 2. The van der Waals surface area contributed by atoms with E-state index in [0.29, 0.717) is 36.8 Å². The van der Waals surface area contributed by atoms with Gasteiger partial charge in [0.1, 0.15) is 6.04 Å². The number of carbonyl (C=O) groups is 2. The second-order valence-corrected chi connectivity index (χ2v) is 13.1. The van der Waals surface area contributed by atoms with E-state index in [0.717, 1.165) is 45.4 Å². The maximum absolute atomic E-state index is 14.7. The fourth-order valence-corrected chi connectivity index (χ4v) is 7.40. The standard InChI is InChI=1S/C39H39ClN4O2/c1-4-26(3)36(39(46)43-22-20-42(21-23-43)29-11-9-10-28(40)24-29)44-37(30-12-5-6-13-31(30)38(44)45)34-32-14-7-8-15-33(32)41-35(34)27-18-16-25(2)17-19-27/h5-19,24,26,36-37,41H,4,20-23H2,1-3H3. The van der Waals surface area contributed by atoms with Crippen LogP contribution in [0.2, 0.25) is 5.02 Å². The van der Waals surface area contributed by atoms with Crippen molar-refractivity contribution in [2.24, 2.45) is 5.92 Å². The smallest absolute Gasteiger partial charge is 0.255 e. The Labute approximate surface area is 275 Å². The normalized spacial score (nSPS) is 17.8. The van der Waals surface area contributed by atoms with Gasteiger partial charge in [-0.2, -0.15) is 0 Å². The molecule has 2 amide bonds. The van der Waals surface area contributed by atoms with Gasteiger partial charge >= 0.3 is 0 Å². The molecule has 0 saturated carbocycles. The van der Waals surface area contributed by atoms with Crippen LogP contribution in [0.3, 0.4) is 0 Å². The number of H-pyrrole nitrogens is 1. The maximum Gasteiger partial charge on any atom is 0.255 e. The van der Waals surface area contributed by atoms with Crippen molar-refractivity contribution in [1.29, 1.82) is 0 Å². The molecule has 1 N–H and O–H groups in total. The third-order valence-electron chi connectivity index (χ3n) is 9.86. The Morgan fingerprint density at radius 2 is 1.63 bits per heavy atom. The predicted octanol–water partition coefficient (Wildman–Crippen LogP) is 8.11. The van der Waals surface area contributed by atoms with Crippen LogP contribution in [0, 0.1) is 12.8 Å². The summed E-state index contributed by atoms with van der Waals surface area (Å²) >= 11 is 6.28. The summed E-state index contributed by atoms with van der Waals surface area (Å²) < 4.78 is 0. The number of para-hydroxylation sites is 1. The van der Waals surface area contributed by atoms with Crippen molar-refractivity contribution in [3.05, 3.63) is 124 Å². The van der Waals surface area contributed by atoms with E-state index in [1.165, 1.54) is 5.56 Å². The Hall–Kier alpha value is -4.55. The van der Waals surface area contributed by atoms with Crippen molar-refractivity contribution in [2.45, 2.75) is 39.3 Å². The molecule has 5 aromatic rings. The molecule has 6 nitrogen and oxygen atoms in total. The summed E-state index contributed by atoms with van der Waals surface area (Å²) in [4.78, 5) is 39.1. The van der Waals surface area contributed by atoms with E-state index in [1.807, 2.05) is 58.3 Å². The summed E-state index contributed by atoms with van der Waals surface area (Å²) in [5, 5.41) is 1.76. The van der Waals surface area contributed by atoms with Crippen LogP contribution in [0.25, 0.3) is 22.2 Å². The largest absolute Gasteiger partial charge is 0.368 e. The Bertz CT molecular complexity index is 1910. The molecule has 3 heterocycles. The molecule has 7 rings (SSSR count). The van der Waals surface area contributed by atoms with Gasteiger partial charge in [0.05, 0.1) is 11.7 Å². The molecule has 4 aromatic carbocycles. The summed E-state index contributed by atoms with van der Waals surface area (Å²) in [6, 6.07) is 31.5. The highest BCUT2D eigenvalue weighted by atomic mass is 35.5. The minimum Gasteiger partial charge on any atom is -0.368 e. The lowest BCUT2D eigenvalue weighted by Crippen LogP contribution is -2.57. The number of carbonyl (C=O) groups excluding carboxylic acids is 2. The lowest BCUT2D eigenvalue weighted by molar-refractivity contribution is -0.138. The molecule has 0 aliphatic carbocycles. The Morgan fingerprint density at radius 1 is 0.913 bits per heavy atom. The summed E-state index contributed by atoms with van der Waals surface area (Å²) in [5.41, 5.74) is 7.92. The van der Waals surface area contributed by atoms with E-state index < -0.39 is 12.1 Å². The maximum atomic E-state index is 14.7. The molecule has 3 atom stereocenters. The van der Waals surface area contributed by atoms with E-state index >= 15 is 0 Å². The van der Waals surface area contributed by atoms with Gasteiger partial charge in [-0.15, -0.1) is 0 Å². The first kappa shape index (κ1) is 30.1. The highest BCUT2D eigenvalue weighted by Crippen LogP contribution is 2.47. The zero-order valence-corrected chi connectivity index (χ0v) is 27.3. The molecule has 0 spiro atoms. The molecule has 1 aromatic heterocycles. The quantitative estimate of drug-likeness (QED) is 0.198. The third kappa shape index (κ3) is 5.25. The van der Waals surface area contributed by atoms with E-state index in [-0.39, 0.29) is 17.7 Å². The molecule has 0 radical (unpaired) electrons. The molecule has 7 heteroatoms. The van der Waals surface area contributed by atoms with Crippen molar-refractivity contribution in [3.63, 3.8) is 0 Å². The molecule has 0 bridgehead atoms. The van der Waals surface area contributed by atoms with Crippen LogP contribution in [0.1, 0.15) is 53.4 Å². The van der Waals surface area contributed by atoms with Gasteiger partial charge in [0, 0.05) is 58.9 Å². The highest BCUT2D eigenvalue weighted by Gasteiger charge is 2.48. The Balaban J connectivity index is 1.31. The first-order chi connectivity index (χ1) is 22.4. The summed E-state index contributed by atoms with van der Waals surface area (Å²) in [7, 11) is 0. The average molecular weight is 631 g/mol. The van der Waals surface area contributed by atoms with Gasteiger partial charge in [0.15, 0.2) is 0 Å². The van der Waals surface area contributed by atoms with Crippen LogP contribution in [0.15, 0.2) is 97.1 Å². The number of aromatic amines is 1. The van der Waals surface area contributed by atoms with Gasteiger partial charge in [-0.05, 0) is 54.3 Å². The van der Waals surface area contributed by atoms with Crippen LogP contribution in [0.4, 0.5) is 5.69 Å². The number of nitrogens with one attached hydrogen (secondary N) is 1. The zero-order chi connectivity index (χ0) is 31.9. The fraction of sp³-hybridized carbons (Fsp3) is 0.282. The first-order valence-electron chi connectivity index (χ1n) is 16.2. The number of hydrogen-bond donors (Lipinski definition) is 1. The predicted molar refractivity (Wildman–Crippen MR) is 186 cm³/mol. The monoisotopic (exact) mass is 630 g/mol. The lowest BCUT2D eigenvalue weighted by atomic mass is 9.90. The number of hydrogen-bond acceptors (Lipinski definition) is 3. The summed E-state index contributed by atoms with van der Waals surface area (Å²) in [6.07, 6.45) is 0.768. The minimum atomic E-state index is -0.618. The van der Waals surface area contributed by atoms with Crippen molar-refractivity contribution in [3.8, 4) is 11.3 Å². The number of aromatic nitrogens is 1. The SMILES string of the molecule is CCC(C)C(C(=O)N1CCN(c2cccc(Cl)c2)CC1)N1C(=O)c2ccccc2C1c1c(-c2ccc(C)cc2)[nH]c2ccccc12. The second-order valence-electron chi connectivity index (χ2n) is 12.7. The summed E-state index contributed by atoms with van der Waals surface area (Å²) in [6.45, 7) is 8.87. The number of rotatable bonds is 7. The van der Waals surface area contributed by atoms with E-state index in [2.05, 4.69) is 79.2 Å². The van der Waals surface area contributed by atoms with Crippen molar-refractivity contribution < 1.29 is 9.59 Å². The van der Waals surface area contributed by atoms with Crippen molar-refractivity contribution in [1.82, 2.24) is 14.8 Å². The summed E-state index contributed by atoms with van der Waals surface area (Å²) in [5.74, 6) is -0.118. The third-order valence-corrected chi connectivity index (χ3v) is 10.1. The van der Waals surface area contributed by atoms with Crippen LogP contribution >= 0.6 is 11.6 Å². The van der Waals surface area contributed by atoms with Crippen LogP contribution in [-0.4, -0.2) is 58.8 Å². The molecule has 2 aliphatic heterocycles. The Morgan fingerprint density at radius 3 is 2.37 bits per heavy atom. The molecular formula is C39H39ClN4O2. The van der Waals surface area contributed by atoms with Gasteiger partial charge in [-0.3, -0.25) is 9.59 Å². The van der Waals surface area contributed by atoms with E-state index in [9.17, 15) is 9.59 Å². The van der Waals surface area contributed by atoms with Crippen molar-refractivity contribution >= 4 is 40.0 Å². The van der Waals surface area contributed by atoms with Crippen LogP contribution in [-0.2, 0) is 4.79 Å². The van der Waals surface area contributed by atoms with Crippen LogP contribution < -0.4 is 4.90 Å². The van der Waals surface area contributed by atoms with Gasteiger partial charge in [-0.1, -0.05) is 104 Å². The molecule has 2 aliphatic rings. The molecule has 3 unspecified atom stereocenters. The number of amides is 2. The molecule has 1 fully saturated rings. The van der Waals surface area contributed by atoms with Gasteiger partial charge < -0.3 is 19.7 Å². The second kappa shape index (κ2) is 12.3. The number of halogens is 1. The molecule has 234 valence electrons. The van der Waals surface area contributed by atoms with Crippen molar-refractivity contribution in [2.75, 3.05) is 31.1 Å². The molecular weight excluding hydrogens is 592 g/mol. The lowest BCUT2D eigenvalue weighted by Gasteiger charge is -2.42. The minimum absolute atomic E-state index is 0.0166. The van der Waals surface area contributed by atoms with Gasteiger partial charge in [0.2, 0.25) is 5.91 Å². The van der Waals surface area contributed by atoms with E-state index in [1.54, 1.807) is 0 Å². The molecule has 1 saturated heterocycles. The fourth-order valence-electron chi connectivity index (χ4n) is 7.22. The Kier molecular flexibility index (Phi) is 8.07. The van der Waals surface area contributed by atoms with Gasteiger partial charge in [0.25, 0.3) is 5.91 Å². The number of benzene rings is 4. The van der Waals surface area contributed by atoms with Gasteiger partial charge in [-0.25, -0.2) is 0 Å². The number of aryl methyl sites for hydroxylation is 1. The highest BCUT2D eigenvalue weighted by molar-refractivity contribution is 6.30. The van der Waals surface area contributed by atoms with Crippen LogP contribution in [0.5, 0.6) is 0 Å². The zero-order valence-electron chi connectivity index (χ0n) is 26.5.